The van der Waals surface area contributed by atoms with Gasteiger partial charge in [0.2, 0.25) is 0 Å². The van der Waals surface area contributed by atoms with Crippen molar-refractivity contribution in [3.8, 4) is 0 Å². The van der Waals surface area contributed by atoms with E-state index in [1.54, 1.807) is 11.3 Å². The fourth-order valence-corrected chi connectivity index (χ4v) is 3.84. The maximum absolute atomic E-state index is 6.26. The molecule has 3 heteroatoms. The average Bonchev–Trinajstić information content (AvgIpc) is 2.77. The Morgan fingerprint density at radius 1 is 1.50 bits per heavy atom. The van der Waals surface area contributed by atoms with Gasteiger partial charge in [0.25, 0.3) is 0 Å². The SMILES string of the molecule is Clc1sccc1C1(C2CC2)CCCN1. The molecule has 1 atom stereocenters. The minimum Gasteiger partial charge on any atom is -0.307 e. The van der Waals surface area contributed by atoms with E-state index in [1.165, 1.54) is 31.2 Å². The highest BCUT2D eigenvalue weighted by atomic mass is 35.5. The summed E-state index contributed by atoms with van der Waals surface area (Å²) in [7, 11) is 0. The van der Waals surface area contributed by atoms with Crippen LogP contribution in [0.15, 0.2) is 11.4 Å². The summed E-state index contributed by atoms with van der Waals surface area (Å²) in [6.07, 6.45) is 5.31. The standard InChI is InChI=1S/C11H14ClNS/c12-10-9(4-7-14-10)11(8-2-3-8)5-1-6-13-11/h4,7-8,13H,1-3,5-6H2. The number of rotatable bonds is 2. The van der Waals surface area contributed by atoms with E-state index in [4.69, 9.17) is 11.6 Å². The van der Waals surface area contributed by atoms with Crippen molar-refractivity contribution in [3.05, 3.63) is 21.3 Å². The van der Waals surface area contributed by atoms with Crippen LogP contribution in [0.5, 0.6) is 0 Å². The number of thiophene rings is 1. The average molecular weight is 228 g/mol. The van der Waals surface area contributed by atoms with Crippen molar-refractivity contribution in [1.82, 2.24) is 5.32 Å². The maximum Gasteiger partial charge on any atom is 0.0979 e. The number of halogens is 1. The Labute approximate surface area is 93.5 Å². The Bertz CT molecular complexity index is 337. The predicted octanol–water partition coefficient (Wildman–Crippen LogP) is 3.39. The van der Waals surface area contributed by atoms with Gasteiger partial charge in [0.1, 0.15) is 0 Å². The lowest BCUT2D eigenvalue weighted by atomic mass is 9.85. The van der Waals surface area contributed by atoms with Gasteiger partial charge in [-0.1, -0.05) is 11.6 Å². The Morgan fingerprint density at radius 2 is 2.36 bits per heavy atom. The predicted molar refractivity (Wildman–Crippen MR) is 61.0 cm³/mol. The first-order valence-electron chi connectivity index (χ1n) is 5.31. The topological polar surface area (TPSA) is 12.0 Å². The number of hydrogen-bond donors (Lipinski definition) is 1. The van der Waals surface area contributed by atoms with E-state index in [0.29, 0.717) is 0 Å². The molecule has 1 aliphatic heterocycles. The molecule has 1 N–H and O–H groups in total. The van der Waals surface area contributed by atoms with Crippen LogP contribution in [-0.2, 0) is 5.54 Å². The van der Waals surface area contributed by atoms with E-state index in [1.807, 2.05) is 0 Å². The van der Waals surface area contributed by atoms with Gasteiger partial charge in [0.05, 0.1) is 4.34 Å². The van der Waals surface area contributed by atoms with Crippen molar-refractivity contribution < 1.29 is 0 Å². The maximum atomic E-state index is 6.26. The molecule has 14 heavy (non-hydrogen) atoms. The van der Waals surface area contributed by atoms with Crippen LogP contribution in [0.1, 0.15) is 31.2 Å². The van der Waals surface area contributed by atoms with Gasteiger partial charge in [-0.15, -0.1) is 11.3 Å². The van der Waals surface area contributed by atoms with Gasteiger partial charge in [-0.05, 0) is 49.6 Å². The van der Waals surface area contributed by atoms with Gasteiger partial charge in [-0.25, -0.2) is 0 Å². The zero-order valence-electron chi connectivity index (χ0n) is 8.05. The summed E-state index contributed by atoms with van der Waals surface area (Å²) >= 11 is 7.92. The first-order valence-corrected chi connectivity index (χ1v) is 6.57. The first-order chi connectivity index (χ1) is 6.83. The normalized spacial score (nSPS) is 32.4. The molecule has 76 valence electrons. The summed E-state index contributed by atoms with van der Waals surface area (Å²) in [5.74, 6) is 0.845. The Hall–Kier alpha value is -0.0500. The zero-order chi connectivity index (χ0) is 9.60. The van der Waals surface area contributed by atoms with Gasteiger partial charge in [0, 0.05) is 11.1 Å². The molecular weight excluding hydrogens is 214 g/mol. The largest absolute Gasteiger partial charge is 0.307 e. The van der Waals surface area contributed by atoms with Gasteiger partial charge in [-0.3, -0.25) is 0 Å². The van der Waals surface area contributed by atoms with E-state index >= 15 is 0 Å². The highest BCUT2D eigenvalue weighted by Gasteiger charge is 2.48. The molecule has 0 spiro atoms. The van der Waals surface area contributed by atoms with Crippen LogP contribution in [0.25, 0.3) is 0 Å². The molecule has 1 nitrogen and oxygen atoms in total. The van der Waals surface area contributed by atoms with Gasteiger partial charge < -0.3 is 5.32 Å². The lowest BCUT2D eigenvalue weighted by Gasteiger charge is -2.29. The Morgan fingerprint density at radius 3 is 2.86 bits per heavy atom. The van der Waals surface area contributed by atoms with Crippen molar-refractivity contribution in [2.45, 2.75) is 31.2 Å². The van der Waals surface area contributed by atoms with Crippen LogP contribution in [0, 0.1) is 5.92 Å². The summed E-state index contributed by atoms with van der Waals surface area (Å²) < 4.78 is 0.992. The monoisotopic (exact) mass is 227 g/mol. The van der Waals surface area contributed by atoms with Crippen molar-refractivity contribution in [2.75, 3.05) is 6.54 Å². The molecule has 1 aromatic heterocycles. The van der Waals surface area contributed by atoms with E-state index in [9.17, 15) is 0 Å². The van der Waals surface area contributed by atoms with E-state index in [-0.39, 0.29) is 5.54 Å². The summed E-state index contributed by atoms with van der Waals surface area (Å²) in [6, 6.07) is 2.21. The molecule has 3 rings (SSSR count). The summed E-state index contributed by atoms with van der Waals surface area (Å²) in [5.41, 5.74) is 1.61. The first kappa shape index (κ1) is 9.20. The van der Waals surface area contributed by atoms with Crippen molar-refractivity contribution >= 4 is 22.9 Å². The van der Waals surface area contributed by atoms with Crippen molar-refractivity contribution in [1.29, 1.82) is 0 Å². The summed E-state index contributed by atoms with van der Waals surface area (Å²) in [6.45, 7) is 1.16. The third-order valence-corrected chi connectivity index (χ3v) is 4.73. The number of nitrogens with one attached hydrogen (secondary N) is 1. The second-order valence-electron chi connectivity index (χ2n) is 4.38. The third-order valence-electron chi connectivity index (χ3n) is 3.56. The van der Waals surface area contributed by atoms with Crippen molar-refractivity contribution in [3.63, 3.8) is 0 Å². The molecule has 0 bridgehead atoms. The van der Waals surface area contributed by atoms with Crippen LogP contribution < -0.4 is 5.32 Å². The molecule has 1 saturated heterocycles. The van der Waals surface area contributed by atoms with Crippen LogP contribution in [-0.4, -0.2) is 6.54 Å². The van der Waals surface area contributed by atoms with Crippen LogP contribution in [0.3, 0.4) is 0 Å². The minimum atomic E-state index is 0.247. The van der Waals surface area contributed by atoms with Gasteiger partial charge >= 0.3 is 0 Å². The summed E-state index contributed by atoms with van der Waals surface area (Å²) in [5, 5.41) is 5.81. The molecule has 2 aliphatic rings. The molecule has 1 saturated carbocycles. The van der Waals surface area contributed by atoms with E-state index in [0.717, 1.165) is 16.8 Å². The lowest BCUT2D eigenvalue weighted by molar-refractivity contribution is 0.337. The fraction of sp³-hybridized carbons (Fsp3) is 0.636. The molecular formula is C11H14ClNS. The van der Waals surface area contributed by atoms with E-state index in [2.05, 4.69) is 16.8 Å². The Kier molecular flexibility index (Phi) is 2.12. The lowest BCUT2D eigenvalue weighted by Crippen LogP contribution is -2.38. The zero-order valence-corrected chi connectivity index (χ0v) is 9.63. The quantitative estimate of drug-likeness (QED) is 0.817. The Balaban J connectivity index is 2.03. The highest BCUT2D eigenvalue weighted by molar-refractivity contribution is 7.14. The van der Waals surface area contributed by atoms with Crippen molar-refractivity contribution in [2.24, 2.45) is 5.92 Å². The van der Waals surface area contributed by atoms with E-state index < -0.39 is 0 Å². The second-order valence-corrected chi connectivity index (χ2v) is 5.90. The summed E-state index contributed by atoms with van der Waals surface area (Å²) in [4.78, 5) is 0. The highest BCUT2D eigenvalue weighted by Crippen LogP contribution is 2.52. The molecule has 2 fully saturated rings. The molecule has 1 unspecified atom stereocenters. The smallest absolute Gasteiger partial charge is 0.0979 e. The molecule has 1 aromatic rings. The molecule has 2 heterocycles. The second kappa shape index (κ2) is 3.22. The molecule has 0 radical (unpaired) electrons. The molecule has 0 amide bonds. The molecule has 1 aliphatic carbocycles. The minimum absolute atomic E-state index is 0.247. The third kappa shape index (κ3) is 1.24. The van der Waals surface area contributed by atoms with Gasteiger partial charge in [0.15, 0.2) is 0 Å². The van der Waals surface area contributed by atoms with Gasteiger partial charge in [-0.2, -0.15) is 0 Å². The fourth-order valence-electron chi connectivity index (χ4n) is 2.76. The van der Waals surface area contributed by atoms with Crippen LogP contribution in [0.2, 0.25) is 4.34 Å². The van der Waals surface area contributed by atoms with Crippen LogP contribution in [0.4, 0.5) is 0 Å². The van der Waals surface area contributed by atoms with Crippen LogP contribution >= 0.6 is 22.9 Å². The molecule has 0 aromatic carbocycles. The number of hydrogen-bond acceptors (Lipinski definition) is 2.